The SMILES string of the molecule is Cc1ccc(-n2c(SC(C)C(=O)Nc3nc4ccc(F)cc4s3)nc3ccccc3c2=O)nc1. The molecule has 0 aliphatic carbocycles. The molecule has 1 amide bonds. The average molecular weight is 492 g/mol. The molecule has 0 saturated carbocycles. The fraction of sp³-hybridized carbons (Fsp3) is 0.125. The third-order valence-corrected chi connectivity index (χ3v) is 7.09. The first kappa shape index (κ1) is 22.2. The molecule has 1 unspecified atom stereocenters. The minimum atomic E-state index is -0.603. The lowest BCUT2D eigenvalue weighted by Crippen LogP contribution is -2.26. The molecule has 1 atom stereocenters. The lowest BCUT2D eigenvalue weighted by atomic mass is 10.2. The summed E-state index contributed by atoms with van der Waals surface area (Å²) in [7, 11) is 0. The van der Waals surface area contributed by atoms with Crippen molar-refractivity contribution in [3.8, 4) is 5.82 Å². The largest absolute Gasteiger partial charge is 0.301 e. The number of aryl methyl sites for hydroxylation is 1. The number of thiazole rings is 1. The fourth-order valence-electron chi connectivity index (χ4n) is 3.36. The summed E-state index contributed by atoms with van der Waals surface area (Å²) in [5, 5.41) is 3.38. The van der Waals surface area contributed by atoms with Crippen molar-refractivity contribution in [2.45, 2.75) is 24.3 Å². The van der Waals surface area contributed by atoms with Crippen LogP contribution in [0.2, 0.25) is 0 Å². The number of carbonyl (C=O) groups is 1. The highest BCUT2D eigenvalue weighted by atomic mass is 32.2. The fourth-order valence-corrected chi connectivity index (χ4v) is 5.17. The lowest BCUT2D eigenvalue weighted by molar-refractivity contribution is -0.115. The number of aromatic nitrogens is 4. The second-order valence-corrected chi connectivity index (χ2v) is 9.96. The topological polar surface area (TPSA) is 89.8 Å². The van der Waals surface area contributed by atoms with E-state index in [0.29, 0.717) is 37.2 Å². The van der Waals surface area contributed by atoms with E-state index in [2.05, 4.69) is 20.3 Å². The summed E-state index contributed by atoms with van der Waals surface area (Å²) >= 11 is 2.35. The van der Waals surface area contributed by atoms with Crippen molar-refractivity contribution < 1.29 is 9.18 Å². The van der Waals surface area contributed by atoms with E-state index in [1.165, 1.54) is 28.0 Å². The Morgan fingerprint density at radius 3 is 2.74 bits per heavy atom. The number of nitrogens with zero attached hydrogens (tertiary/aromatic N) is 4. The van der Waals surface area contributed by atoms with Crippen LogP contribution in [-0.2, 0) is 4.79 Å². The van der Waals surface area contributed by atoms with Crippen molar-refractivity contribution in [2.24, 2.45) is 0 Å². The van der Waals surface area contributed by atoms with Crippen LogP contribution in [-0.4, -0.2) is 30.7 Å². The first-order chi connectivity index (χ1) is 16.4. The van der Waals surface area contributed by atoms with Crippen LogP contribution < -0.4 is 10.9 Å². The van der Waals surface area contributed by atoms with Gasteiger partial charge in [0.1, 0.15) is 11.6 Å². The molecular formula is C24H18FN5O2S2. The molecule has 0 saturated heterocycles. The smallest absolute Gasteiger partial charge is 0.267 e. The van der Waals surface area contributed by atoms with Crippen molar-refractivity contribution in [2.75, 3.05) is 5.32 Å². The number of pyridine rings is 1. The molecule has 0 aliphatic heterocycles. The van der Waals surface area contributed by atoms with E-state index in [9.17, 15) is 14.0 Å². The molecule has 3 aromatic heterocycles. The summed E-state index contributed by atoms with van der Waals surface area (Å²) in [4.78, 5) is 39.7. The number of halogens is 1. The molecule has 7 nitrogen and oxygen atoms in total. The monoisotopic (exact) mass is 491 g/mol. The second kappa shape index (κ2) is 8.96. The minimum Gasteiger partial charge on any atom is -0.301 e. The van der Waals surface area contributed by atoms with Gasteiger partial charge in [-0.05, 0) is 55.8 Å². The average Bonchev–Trinajstić information content (AvgIpc) is 3.21. The summed E-state index contributed by atoms with van der Waals surface area (Å²) < 4.78 is 15.5. The third kappa shape index (κ3) is 4.29. The van der Waals surface area contributed by atoms with Gasteiger partial charge in [-0.1, -0.05) is 41.3 Å². The Bertz CT molecular complexity index is 1600. The van der Waals surface area contributed by atoms with Gasteiger partial charge in [0.2, 0.25) is 5.91 Å². The number of anilines is 1. The summed E-state index contributed by atoms with van der Waals surface area (Å²) in [5.41, 5.74) is 1.85. The predicted molar refractivity (Wildman–Crippen MR) is 133 cm³/mol. The van der Waals surface area contributed by atoms with Gasteiger partial charge < -0.3 is 5.32 Å². The van der Waals surface area contributed by atoms with Crippen LogP contribution in [0.4, 0.5) is 9.52 Å². The zero-order valence-corrected chi connectivity index (χ0v) is 19.8. The molecule has 0 aliphatic rings. The zero-order chi connectivity index (χ0) is 23.8. The molecule has 0 radical (unpaired) electrons. The van der Waals surface area contributed by atoms with Gasteiger partial charge in [0, 0.05) is 6.20 Å². The molecular weight excluding hydrogens is 473 g/mol. The van der Waals surface area contributed by atoms with Crippen LogP contribution in [0.3, 0.4) is 0 Å². The van der Waals surface area contributed by atoms with Gasteiger partial charge >= 0.3 is 0 Å². The molecule has 170 valence electrons. The normalized spacial score (nSPS) is 12.2. The number of thioether (sulfide) groups is 1. The molecule has 34 heavy (non-hydrogen) atoms. The highest BCUT2D eigenvalue weighted by Crippen LogP contribution is 2.29. The Balaban J connectivity index is 1.48. The van der Waals surface area contributed by atoms with Crippen LogP contribution in [0.5, 0.6) is 0 Å². The van der Waals surface area contributed by atoms with Gasteiger partial charge in [-0.15, -0.1) is 0 Å². The molecule has 5 rings (SSSR count). The maximum Gasteiger partial charge on any atom is 0.267 e. The Morgan fingerprint density at radius 2 is 1.94 bits per heavy atom. The number of benzene rings is 2. The molecule has 5 aromatic rings. The minimum absolute atomic E-state index is 0.259. The van der Waals surface area contributed by atoms with E-state index in [1.54, 1.807) is 43.5 Å². The van der Waals surface area contributed by atoms with Crippen LogP contribution in [0.15, 0.2) is 70.7 Å². The molecule has 0 spiro atoms. The number of nitrogens with one attached hydrogen (secondary N) is 1. The summed E-state index contributed by atoms with van der Waals surface area (Å²) in [6, 6.07) is 15.0. The van der Waals surface area contributed by atoms with E-state index >= 15 is 0 Å². The van der Waals surface area contributed by atoms with Crippen molar-refractivity contribution >= 4 is 55.3 Å². The maximum absolute atomic E-state index is 13.5. The lowest BCUT2D eigenvalue weighted by Gasteiger charge is -2.15. The van der Waals surface area contributed by atoms with Crippen molar-refractivity contribution in [1.82, 2.24) is 19.5 Å². The summed E-state index contributed by atoms with van der Waals surface area (Å²) in [5.74, 6) is -0.240. The van der Waals surface area contributed by atoms with E-state index in [-0.39, 0.29) is 17.3 Å². The van der Waals surface area contributed by atoms with Gasteiger partial charge in [-0.25, -0.2) is 23.9 Å². The maximum atomic E-state index is 13.5. The molecule has 2 aromatic carbocycles. The first-order valence-electron chi connectivity index (χ1n) is 10.4. The van der Waals surface area contributed by atoms with E-state index < -0.39 is 5.25 Å². The standard InChI is InChI=1S/C24H18FN5O2S2/c1-13-7-10-20(26-12-13)30-22(32)16-5-3-4-6-17(16)28-24(30)33-14(2)21(31)29-23-27-18-9-8-15(25)11-19(18)34-23/h3-12,14H,1-2H3,(H,27,29,31). The van der Waals surface area contributed by atoms with Gasteiger partial charge in [-0.3, -0.25) is 9.59 Å². The number of para-hydroxylation sites is 1. The van der Waals surface area contributed by atoms with Gasteiger partial charge in [-0.2, -0.15) is 0 Å². The third-order valence-electron chi connectivity index (χ3n) is 5.10. The number of hydrogen-bond donors (Lipinski definition) is 1. The predicted octanol–water partition coefficient (Wildman–Crippen LogP) is 4.96. The Kier molecular flexibility index (Phi) is 5.84. The quantitative estimate of drug-likeness (QED) is 0.276. The molecule has 10 heteroatoms. The summed E-state index contributed by atoms with van der Waals surface area (Å²) in [6.45, 7) is 3.64. The number of rotatable bonds is 5. The van der Waals surface area contributed by atoms with E-state index in [0.717, 1.165) is 17.3 Å². The Morgan fingerprint density at radius 1 is 1.12 bits per heavy atom. The second-order valence-electron chi connectivity index (χ2n) is 7.63. The molecule has 1 N–H and O–H groups in total. The Hall–Kier alpha value is -3.63. The van der Waals surface area contributed by atoms with Crippen molar-refractivity contribution in [3.63, 3.8) is 0 Å². The summed E-state index contributed by atoms with van der Waals surface area (Å²) in [6.07, 6.45) is 1.68. The van der Waals surface area contributed by atoms with Gasteiger partial charge in [0.25, 0.3) is 5.56 Å². The number of fused-ring (bicyclic) bond motifs is 2. The number of amides is 1. The van der Waals surface area contributed by atoms with E-state index in [1.807, 2.05) is 19.1 Å². The van der Waals surface area contributed by atoms with Gasteiger partial charge in [0.05, 0.1) is 26.4 Å². The van der Waals surface area contributed by atoms with E-state index in [4.69, 9.17) is 0 Å². The van der Waals surface area contributed by atoms with Crippen LogP contribution >= 0.6 is 23.1 Å². The Labute approximate surface area is 201 Å². The highest BCUT2D eigenvalue weighted by Gasteiger charge is 2.22. The van der Waals surface area contributed by atoms with Crippen molar-refractivity contribution in [1.29, 1.82) is 0 Å². The zero-order valence-electron chi connectivity index (χ0n) is 18.2. The van der Waals surface area contributed by atoms with Crippen LogP contribution in [0.1, 0.15) is 12.5 Å². The first-order valence-corrected chi connectivity index (χ1v) is 12.1. The van der Waals surface area contributed by atoms with Crippen LogP contribution in [0, 0.1) is 12.7 Å². The molecule has 0 fully saturated rings. The highest BCUT2D eigenvalue weighted by molar-refractivity contribution is 8.00. The van der Waals surface area contributed by atoms with Crippen molar-refractivity contribution in [3.05, 3.63) is 82.5 Å². The molecule has 0 bridgehead atoms. The van der Waals surface area contributed by atoms with Gasteiger partial charge in [0.15, 0.2) is 10.3 Å². The van der Waals surface area contributed by atoms with Crippen LogP contribution in [0.25, 0.3) is 26.9 Å². The number of carbonyl (C=O) groups excluding carboxylic acids is 1. The number of hydrogen-bond acceptors (Lipinski definition) is 7. The molecule has 3 heterocycles.